The SMILES string of the molecule is Nc1ccccc1Nc1ccc2ccccc2n1.[Co]. The van der Waals surface area contributed by atoms with Crippen LogP contribution in [0.1, 0.15) is 0 Å². The molecular formula is C15H13CoN3. The van der Waals surface area contributed by atoms with Crippen LogP contribution in [0.5, 0.6) is 0 Å². The van der Waals surface area contributed by atoms with Gasteiger partial charge in [-0.05, 0) is 30.3 Å². The summed E-state index contributed by atoms with van der Waals surface area (Å²) in [5.74, 6) is 0.798. The summed E-state index contributed by atoms with van der Waals surface area (Å²) in [7, 11) is 0. The third-order valence-corrected chi connectivity index (χ3v) is 2.82. The van der Waals surface area contributed by atoms with Crippen molar-refractivity contribution in [2.24, 2.45) is 0 Å². The molecule has 19 heavy (non-hydrogen) atoms. The summed E-state index contributed by atoms with van der Waals surface area (Å²) < 4.78 is 0. The molecule has 2 aromatic carbocycles. The molecule has 0 aliphatic rings. The van der Waals surface area contributed by atoms with Crippen molar-refractivity contribution in [3.05, 3.63) is 60.7 Å². The monoisotopic (exact) mass is 294 g/mol. The Labute approximate surface area is 122 Å². The number of fused-ring (bicyclic) bond motifs is 1. The molecular weight excluding hydrogens is 281 g/mol. The molecule has 0 aliphatic heterocycles. The molecule has 1 aromatic heterocycles. The zero-order chi connectivity index (χ0) is 12.4. The molecule has 0 fully saturated rings. The molecule has 97 valence electrons. The summed E-state index contributed by atoms with van der Waals surface area (Å²) in [6, 6.07) is 19.7. The van der Waals surface area contributed by atoms with Gasteiger partial charge in [-0.3, -0.25) is 0 Å². The second-order valence-electron chi connectivity index (χ2n) is 4.10. The van der Waals surface area contributed by atoms with Crippen molar-refractivity contribution in [3.8, 4) is 0 Å². The number of anilines is 3. The van der Waals surface area contributed by atoms with E-state index in [0.717, 1.165) is 22.4 Å². The van der Waals surface area contributed by atoms with E-state index in [1.807, 2.05) is 60.7 Å². The number of hydrogen-bond acceptors (Lipinski definition) is 3. The fourth-order valence-electron chi connectivity index (χ4n) is 1.88. The molecule has 1 heterocycles. The molecule has 0 aliphatic carbocycles. The maximum Gasteiger partial charge on any atom is 0.131 e. The molecule has 0 unspecified atom stereocenters. The fourth-order valence-corrected chi connectivity index (χ4v) is 1.88. The Balaban J connectivity index is 0.00000133. The molecule has 4 heteroatoms. The number of nitrogens with one attached hydrogen (secondary N) is 1. The van der Waals surface area contributed by atoms with Gasteiger partial charge in [-0.25, -0.2) is 4.98 Å². The van der Waals surface area contributed by atoms with Gasteiger partial charge in [-0.2, -0.15) is 0 Å². The number of nitrogen functional groups attached to an aromatic ring is 1. The second-order valence-corrected chi connectivity index (χ2v) is 4.10. The molecule has 3 N–H and O–H groups in total. The molecule has 0 spiro atoms. The standard InChI is InChI=1S/C15H13N3.Co/c16-12-6-2-4-8-14(12)18-15-10-9-11-5-1-3-7-13(11)17-15;/h1-10H,16H2,(H,17,18);. The van der Waals surface area contributed by atoms with E-state index in [-0.39, 0.29) is 16.8 Å². The van der Waals surface area contributed by atoms with E-state index < -0.39 is 0 Å². The smallest absolute Gasteiger partial charge is 0.131 e. The van der Waals surface area contributed by atoms with Gasteiger partial charge in [0, 0.05) is 22.2 Å². The van der Waals surface area contributed by atoms with Gasteiger partial charge in [0.2, 0.25) is 0 Å². The fraction of sp³-hybridized carbons (Fsp3) is 0. The number of nitrogens with zero attached hydrogens (tertiary/aromatic N) is 1. The quantitative estimate of drug-likeness (QED) is 0.711. The first-order valence-electron chi connectivity index (χ1n) is 5.80. The first kappa shape index (κ1) is 13.4. The van der Waals surface area contributed by atoms with Crippen LogP contribution >= 0.6 is 0 Å². The largest absolute Gasteiger partial charge is 0.397 e. The molecule has 1 radical (unpaired) electrons. The third-order valence-electron chi connectivity index (χ3n) is 2.82. The van der Waals surface area contributed by atoms with E-state index in [9.17, 15) is 0 Å². The van der Waals surface area contributed by atoms with Gasteiger partial charge in [0.05, 0.1) is 16.9 Å². The average molecular weight is 294 g/mol. The Kier molecular flexibility index (Phi) is 4.04. The Morgan fingerprint density at radius 1 is 0.842 bits per heavy atom. The van der Waals surface area contributed by atoms with Crippen LogP contribution in [-0.4, -0.2) is 4.98 Å². The van der Waals surface area contributed by atoms with E-state index >= 15 is 0 Å². The van der Waals surface area contributed by atoms with Gasteiger partial charge >= 0.3 is 0 Å². The van der Waals surface area contributed by atoms with Crippen molar-refractivity contribution in [1.82, 2.24) is 4.98 Å². The van der Waals surface area contributed by atoms with Crippen LogP contribution < -0.4 is 11.1 Å². The Hall–Kier alpha value is -2.04. The minimum absolute atomic E-state index is 0. The van der Waals surface area contributed by atoms with Crippen molar-refractivity contribution in [1.29, 1.82) is 0 Å². The van der Waals surface area contributed by atoms with Crippen molar-refractivity contribution in [3.63, 3.8) is 0 Å². The summed E-state index contributed by atoms with van der Waals surface area (Å²) in [5, 5.41) is 4.36. The van der Waals surface area contributed by atoms with Gasteiger partial charge in [-0.1, -0.05) is 30.3 Å². The summed E-state index contributed by atoms with van der Waals surface area (Å²) in [5.41, 5.74) is 8.45. The minimum atomic E-state index is 0. The second kappa shape index (κ2) is 5.73. The molecule has 3 nitrogen and oxygen atoms in total. The van der Waals surface area contributed by atoms with E-state index in [1.54, 1.807) is 0 Å². The molecule has 0 amide bonds. The number of benzene rings is 2. The van der Waals surface area contributed by atoms with E-state index in [4.69, 9.17) is 5.73 Å². The van der Waals surface area contributed by atoms with Crippen molar-refractivity contribution in [2.75, 3.05) is 11.1 Å². The van der Waals surface area contributed by atoms with E-state index in [2.05, 4.69) is 10.3 Å². The zero-order valence-electron chi connectivity index (χ0n) is 10.1. The van der Waals surface area contributed by atoms with Crippen LogP contribution in [0.15, 0.2) is 60.7 Å². The van der Waals surface area contributed by atoms with Crippen LogP contribution in [0.25, 0.3) is 10.9 Å². The summed E-state index contributed by atoms with van der Waals surface area (Å²) in [6.45, 7) is 0. The van der Waals surface area contributed by atoms with Crippen molar-refractivity contribution in [2.45, 2.75) is 0 Å². The molecule has 0 saturated heterocycles. The van der Waals surface area contributed by atoms with Crippen LogP contribution in [-0.2, 0) is 16.8 Å². The third kappa shape index (κ3) is 2.86. The first-order chi connectivity index (χ1) is 8.83. The maximum atomic E-state index is 5.89. The van der Waals surface area contributed by atoms with Gasteiger partial charge in [0.1, 0.15) is 5.82 Å². The van der Waals surface area contributed by atoms with Gasteiger partial charge in [-0.15, -0.1) is 0 Å². The van der Waals surface area contributed by atoms with Crippen LogP contribution in [0, 0.1) is 0 Å². The predicted molar refractivity (Wildman–Crippen MR) is 75.9 cm³/mol. The van der Waals surface area contributed by atoms with Crippen LogP contribution in [0.4, 0.5) is 17.2 Å². The van der Waals surface area contributed by atoms with Gasteiger partial charge < -0.3 is 11.1 Å². The number of rotatable bonds is 2. The Morgan fingerprint density at radius 2 is 1.58 bits per heavy atom. The Bertz CT molecular complexity index is 698. The van der Waals surface area contributed by atoms with Crippen LogP contribution in [0.2, 0.25) is 0 Å². The molecule has 0 saturated carbocycles. The van der Waals surface area contributed by atoms with Gasteiger partial charge in [0.25, 0.3) is 0 Å². The maximum absolute atomic E-state index is 5.89. The van der Waals surface area contributed by atoms with Crippen molar-refractivity contribution < 1.29 is 16.8 Å². The Morgan fingerprint density at radius 3 is 2.42 bits per heavy atom. The summed E-state index contributed by atoms with van der Waals surface area (Å²) >= 11 is 0. The van der Waals surface area contributed by atoms with E-state index in [0.29, 0.717) is 5.69 Å². The molecule has 0 atom stereocenters. The number of pyridine rings is 1. The molecule has 3 rings (SSSR count). The molecule has 3 aromatic rings. The minimum Gasteiger partial charge on any atom is -0.397 e. The van der Waals surface area contributed by atoms with Gasteiger partial charge in [0.15, 0.2) is 0 Å². The zero-order valence-corrected chi connectivity index (χ0v) is 11.2. The number of hydrogen-bond donors (Lipinski definition) is 2. The number of aromatic nitrogens is 1. The number of para-hydroxylation sites is 3. The topological polar surface area (TPSA) is 50.9 Å². The van der Waals surface area contributed by atoms with Crippen LogP contribution in [0.3, 0.4) is 0 Å². The predicted octanol–water partition coefficient (Wildman–Crippen LogP) is 3.56. The first-order valence-corrected chi connectivity index (χ1v) is 5.80. The normalized spacial score (nSPS) is 9.89. The summed E-state index contributed by atoms with van der Waals surface area (Å²) in [4.78, 5) is 4.54. The average Bonchev–Trinajstić information content (AvgIpc) is 2.41. The van der Waals surface area contributed by atoms with E-state index in [1.165, 1.54) is 0 Å². The van der Waals surface area contributed by atoms with Crippen molar-refractivity contribution >= 4 is 28.1 Å². The molecule has 0 bridgehead atoms. The number of nitrogens with two attached hydrogens (primary N) is 1. The summed E-state index contributed by atoms with van der Waals surface area (Å²) in [6.07, 6.45) is 0.